The normalized spacial score (nSPS) is 11.5. The quantitative estimate of drug-likeness (QED) is 0.644. The van der Waals surface area contributed by atoms with E-state index < -0.39 is 18.1 Å². The van der Waals surface area contributed by atoms with Crippen molar-refractivity contribution in [3.05, 3.63) is 12.7 Å². The van der Waals surface area contributed by atoms with Crippen molar-refractivity contribution in [1.29, 1.82) is 0 Å². The van der Waals surface area contributed by atoms with Gasteiger partial charge in [-0.15, -0.1) is 0 Å². The highest BCUT2D eigenvalue weighted by Gasteiger charge is 2.19. The molecular weight excluding hydrogens is 218 g/mol. The summed E-state index contributed by atoms with van der Waals surface area (Å²) in [5, 5.41) is 11.0. The van der Waals surface area contributed by atoms with E-state index in [9.17, 15) is 9.59 Å². The van der Waals surface area contributed by atoms with Crippen molar-refractivity contribution >= 4 is 23.8 Å². The number of amides is 1. The summed E-state index contributed by atoms with van der Waals surface area (Å²) >= 11 is 1.44. The number of nitrogens with one attached hydrogen (secondary N) is 1. The lowest BCUT2D eigenvalue weighted by atomic mass is 10.3. The molecule has 0 fully saturated rings. The number of carbonyl (C=O) groups is 2. The summed E-state index contributed by atoms with van der Waals surface area (Å²) in [7, 11) is 0. The van der Waals surface area contributed by atoms with Crippen LogP contribution in [0.4, 0.5) is 4.79 Å². The first kappa shape index (κ1) is 13.8. The first-order chi connectivity index (χ1) is 7.11. The fourth-order valence-corrected chi connectivity index (χ4v) is 1.43. The van der Waals surface area contributed by atoms with E-state index in [4.69, 9.17) is 5.11 Å². The molecule has 0 rings (SSSR count). The number of carbonyl (C=O) groups excluding carboxylic acids is 1. The maximum atomic E-state index is 11.0. The predicted molar refractivity (Wildman–Crippen MR) is 59.1 cm³/mol. The molecule has 0 aromatic carbocycles. The molecule has 6 heteroatoms. The minimum atomic E-state index is -1.06. The molecule has 0 aromatic heterocycles. The van der Waals surface area contributed by atoms with Crippen LogP contribution in [-0.2, 0) is 9.53 Å². The van der Waals surface area contributed by atoms with Crippen molar-refractivity contribution < 1.29 is 19.4 Å². The molecule has 15 heavy (non-hydrogen) atoms. The summed E-state index contributed by atoms with van der Waals surface area (Å²) < 4.78 is 4.61. The number of hydrogen-bond donors (Lipinski definition) is 2. The summed E-state index contributed by atoms with van der Waals surface area (Å²) in [5.74, 6) is 0.0637. The van der Waals surface area contributed by atoms with Crippen molar-refractivity contribution in [1.82, 2.24) is 5.32 Å². The number of aliphatic carboxylic acids is 1. The van der Waals surface area contributed by atoms with Crippen LogP contribution in [0.25, 0.3) is 0 Å². The average Bonchev–Trinajstić information content (AvgIpc) is 2.20. The zero-order valence-electron chi connectivity index (χ0n) is 8.56. The van der Waals surface area contributed by atoms with Gasteiger partial charge in [-0.2, -0.15) is 11.8 Å². The Morgan fingerprint density at radius 1 is 1.67 bits per heavy atom. The van der Waals surface area contributed by atoms with E-state index in [1.54, 1.807) is 0 Å². The minimum Gasteiger partial charge on any atom is -0.480 e. The van der Waals surface area contributed by atoms with Gasteiger partial charge < -0.3 is 15.2 Å². The molecule has 1 amide bonds. The molecule has 86 valence electrons. The van der Waals surface area contributed by atoms with Crippen LogP contribution < -0.4 is 5.32 Å². The predicted octanol–water partition coefficient (Wildman–Crippen LogP) is 1.10. The number of carboxylic acids is 1. The van der Waals surface area contributed by atoms with Gasteiger partial charge in [0.2, 0.25) is 0 Å². The standard InChI is InChI=1S/C9H15NO4S/c1-3-5-14-9(13)10-7(8(11)12)6-15-4-2/h3,7H,1,4-6H2,2H3,(H,10,13)(H,11,12). The maximum absolute atomic E-state index is 11.0. The summed E-state index contributed by atoms with van der Waals surface area (Å²) in [6, 6.07) is -0.910. The van der Waals surface area contributed by atoms with Gasteiger partial charge in [0, 0.05) is 5.75 Å². The SMILES string of the molecule is C=CCOC(=O)NC(CSCC)C(=O)O. The fraction of sp³-hybridized carbons (Fsp3) is 0.556. The highest BCUT2D eigenvalue weighted by atomic mass is 32.2. The van der Waals surface area contributed by atoms with Crippen LogP contribution in [0.3, 0.4) is 0 Å². The lowest BCUT2D eigenvalue weighted by Crippen LogP contribution is -2.42. The summed E-state index contributed by atoms with van der Waals surface area (Å²) in [6.07, 6.45) is 0.676. The summed E-state index contributed by atoms with van der Waals surface area (Å²) in [6.45, 7) is 5.36. The topological polar surface area (TPSA) is 75.6 Å². The van der Waals surface area contributed by atoms with Crippen LogP contribution in [0.5, 0.6) is 0 Å². The Hall–Kier alpha value is -1.17. The summed E-state index contributed by atoms with van der Waals surface area (Å²) in [5.41, 5.74) is 0. The molecule has 0 aliphatic carbocycles. The molecule has 0 aromatic rings. The zero-order chi connectivity index (χ0) is 11.7. The Bertz CT molecular complexity index is 232. The highest BCUT2D eigenvalue weighted by Crippen LogP contribution is 2.02. The number of alkyl carbamates (subject to hydrolysis) is 1. The monoisotopic (exact) mass is 233 g/mol. The van der Waals surface area contributed by atoms with Crippen LogP contribution in [0.2, 0.25) is 0 Å². The van der Waals surface area contributed by atoms with Crippen LogP contribution in [0.15, 0.2) is 12.7 Å². The lowest BCUT2D eigenvalue weighted by Gasteiger charge is -2.13. The zero-order valence-corrected chi connectivity index (χ0v) is 9.38. The van der Waals surface area contributed by atoms with E-state index in [-0.39, 0.29) is 6.61 Å². The second-order valence-corrected chi connectivity index (χ2v) is 3.90. The molecule has 0 radical (unpaired) electrons. The molecule has 0 spiro atoms. The van der Waals surface area contributed by atoms with Crippen molar-refractivity contribution in [3.63, 3.8) is 0 Å². The Balaban J connectivity index is 3.98. The second-order valence-electron chi connectivity index (χ2n) is 2.58. The van der Waals surface area contributed by atoms with Gasteiger partial charge in [0.15, 0.2) is 0 Å². The molecule has 0 aliphatic heterocycles. The van der Waals surface area contributed by atoms with Gasteiger partial charge in [-0.25, -0.2) is 9.59 Å². The number of rotatable bonds is 7. The Labute approximate surface area is 92.9 Å². The molecule has 5 nitrogen and oxygen atoms in total. The van der Waals surface area contributed by atoms with E-state index in [1.165, 1.54) is 17.8 Å². The molecule has 0 bridgehead atoms. The lowest BCUT2D eigenvalue weighted by molar-refractivity contribution is -0.138. The van der Waals surface area contributed by atoms with Gasteiger partial charge in [-0.1, -0.05) is 19.6 Å². The molecule has 0 heterocycles. The largest absolute Gasteiger partial charge is 0.480 e. The van der Waals surface area contributed by atoms with E-state index in [2.05, 4.69) is 16.6 Å². The van der Waals surface area contributed by atoms with Crippen LogP contribution in [-0.4, -0.2) is 41.3 Å². The van der Waals surface area contributed by atoms with Gasteiger partial charge in [0.25, 0.3) is 0 Å². The van der Waals surface area contributed by atoms with E-state index >= 15 is 0 Å². The first-order valence-electron chi connectivity index (χ1n) is 4.46. The fourth-order valence-electron chi connectivity index (χ4n) is 0.729. The molecule has 0 aliphatic rings. The van der Waals surface area contributed by atoms with Crippen molar-refractivity contribution in [3.8, 4) is 0 Å². The van der Waals surface area contributed by atoms with Crippen molar-refractivity contribution in [2.45, 2.75) is 13.0 Å². The van der Waals surface area contributed by atoms with E-state index in [0.29, 0.717) is 5.75 Å². The third-order valence-corrected chi connectivity index (χ3v) is 2.39. The van der Waals surface area contributed by atoms with Crippen molar-refractivity contribution in [2.24, 2.45) is 0 Å². The first-order valence-corrected chi connectivity index (χ1v) is 5.62. The van der Waals surface area contributed by atoms with Gasteiger partial charge >= 0.3 is 12.1 Å². The average molecular weight is 233 g/mol. The van der Waals surface area contributed by atoms with Crippen LogP contribution >= 0.6 is 11.8 Å². The van der Waals surface area contributed by atoms with Gasteiger partial charge in [-0.3, -0.25) is 0 Å². The Kier molecular flexibility index (Phi) is 7.53. The Morgan fingerprint density at radius 3 is 2.80 bits per heavy atom. The minimum absolute atomic E-state index is 0.0685. The number of hydrogen-bond acceptors (Lipinski definition) is 4. The molecule has 2 N–H and O–H groups in total. The molecule has 0 saturated carbocycles. The van der Waals surface area contributed by atoms with Crippen LogP contribution in [0, 0.1) is 0 Å². The van der Waals surface area contributed by atoms with Crippen LogP contribution in [0.1, 0.15) is 6.92 Å². The second kappa shape index (κ2) is 8.16. The van der Waals surface area contributed by atoms with Gasteiger partial charge in [-0.05, 0) is 5.75 Å². The maximum Gasteiger partial charge on any atom is 0.408 e. The van der Waals surface area contributed by atoms with E-state index in [0.717, 1.165) is 5.75 Å². The molecule has 0 saturated heterocycles. The molecule has 1 unspecified atom stereocenters. The Morgan fingerprint density at radius 2 is 2.33 bits per heavy atom. The van der Waals surface area contributed by atoms with Crippen molar-refractivity contribution in [2.75, 3.05) is 18.1 Å². The van der Waals surface area contributed by atoms with E-state index in [1.807, 2.05) is 6.92 Å². The number of ether oxygens (including phenoxy) is 1. The summed E-state index contributed by atoms with van der Waals surface area (Å²) in [4.78, 5) is 21.7. The molecule has 1 atom stereocenters. The third kappa shape index (κ3) is 6.84. The number of carboxylic acid groups (broad SMARTS) is 1. The van der Waals surface area contributed by atoms with Gasteiger partial charge in [0.1, 0.15) is 12.6 Å². The smallest absolute Gasteiger partial charge is 0.408 e. The third-order valence-electron chi connectivity index (χ3n) is 1.41. The number of thioether (sulfide) groups is 1. The van der Waals surface area contributed by atoms with Gasteiger partial charge in [0.05, 0.1) is 0 Å². The highest BCUT2D eigenvalue weighted by molar-refractivity contribution is 7.99. The molecular formula is C9H15NO4S.